The Bertz CT molecular complexity index is 1850. The Labute approximate surface area is 247 Å². The van der Waals surface area contributed by atoms with E-state index < -0.39 is 23.7 Å². The molecule has 3 N–H and O–H groups in total. The summed E-state index contributed by atoms with van der Waals surface area (Å²) in [5, 5.41) is 10.8. The van der Waals surface area contributed by atoms with Crippen LogP contribution in [0.15, 0.2) is 120 Å². The van der Waals surface area contributed by atoms with Crippen LogP contribution in [0.3, 0.4) is 0 Å². The van der Waals surface area contributed by atoms with Crippen LogP contribution in [0.2, 0.25) is 0 Å². The van der Waals surface area contributed by atoms with Crippen molar-refractivity contribution in [3.05, 3.63) is 138 Å². The van der Waals surface area contributed by atoms with Gasteiger partial charge in [0, 0.05) is 11.3 Å². The quantitative estimate of drug-likeness (QED) is 0.0760. The monoisotopic (exact) mass is 570 g/mol. The summed E-state index contributed by atoms with van der Waals surface area (Å²) in [6.45, 7) is 1.94. The lowest BCUT2D eigenvalue weighted by Gasteiger charge is -2.11. The van der Waals surface area contributed by atoms with Crippen LogP contribution in [0.25, 0.3) is 10.8 Å². The Morgan fingerprint density at radius 2 is 1.40 bits per heavy atom. The van der Waals surface area contributed by atoms with Crippen LogP contribution in [-0.2, 0) is 9.59 Å². The number of carbonyl (C=O) groups excluding carboxylic acids is 4. The third-order valence-electron chi connectivity index (χ3n) is 6.44. The minimum Gasteiger partial charge on any atom is -0.422 e. The molecule has 5 aromatic carbocycles. The number of aryl methyl sites for hydroxylation is 1. The van der Waals surface area contributed by atoms with Crippen LogP contribution in [-0.4, -0.2) is 29.9 Å². The number of benzene rings is 5. The molecule has 0 aromatic heterocycles. The number of hydrogen-bond acceptors (Lipinski definition) is 6. The van der Waals surface area contributed by atoms with E-state index in [0.717, 1.165) is 16.3 Å². The first kappa shape index (κ1) is 28.4. The molecule has 212 valence electrons. The average molecular weight is 571 g/mol. The summed E-state index contributed by atoms with van der Waals surface area (Å²) < 4.78 is 5.65. The van der Waals surface area contributed by atoms with Crippen LogP contribution >= 0.6 is 0 Å². The Kier molecular flexibility index (Phi) is 8.63. The minimum atomic E-state index is -1.06. The second-order valence-electron chi connectivity index (χ2n) is 9.47. The van der Waals surface area contributed by atoms with Gasteiger partial charge in [0.05, 0.1) is 23.0 Å². The number of nitrogens with one attached hydrogen (secondary N) is 3. The Balaban J connectivity index is 1.29. The van der Waals surface area contributed by atoms with Crippen molar-refractivity contribution in [2.24, 2.45) is 5.10 Å². The predicted molar refractivity (Wildman–Crippen MR) is 165 cm³/mol. The SMILES string of the molecule is Cc1ccc(NC(=O)c2ccccc2NC(=O)C(=O)N/N=C\c2c(OC(=O)c3ccccc3)ccc3ccccc23)cc1. The number of hydrogen-bond donors (Lipinski definition) is 3. The van der Waals surface area contributed by atoms with Gasteiger partial charge < -0.3 is 15.4 Å². The standard InChI is InChI=1S/C34H26N4O5/c1-22-15-18-25(19-16-22)36-31(39)27-13-7-8-14-29(27)37-32(40)33(41)38-35-21-28-26-12-6-5-9-23(26)17-20-30(28)43-34(42)24-10-3-2-4-11-24/h2-21H,1H3,(H,36,39)(H,37,40)(H,38,41)/b35-21-. The van der Waals surface area contributed by atoms with E-state index in [2.05, 4.69) is 21.2 Å². The molecule has 0 aliphatic rings. The lowest BCUT2D eigenvalue weighted by atomic mass is 10.0. The molecule has 0 saturated heterocycles. The normalized spacial score (nSPS) is 10.7. The van der Waals surface area contributed by atoms with Crippen molar-refractivity contribution in [1.29, 1.82) is 0 Å². The lowest BCUT2D eigenvalue weighted by molar-refractivity contribution is -0.136. The Morgan fingerprint density at radius 3 is 2.19 bits per heavy atom. The Hall–Kier alpha value is -6.09. The fourth-order valence-electron chi connectivity index (χ4n) is 4.24. The zero-order valence-corrected chi connectivity index (χ0v) is 23.0. The van der Waals surface area contributed by atoms with Crippen LogP contribution < -0.4 is 20.8 Å². The second kappa shape index (κ2) is 13.0. The van der Waals surface area contributed by atoms with Gasteiger partial charge in [0.2, 0.25) is 0 Å². The van der Waals surface area contributed by atoms with E-state index >= 15 is 0 Å². The summed E-state index contributed by atoms with van der Waals surface area (Å²) in [5.41, 5.74) is 4.96. The highest BCUT2D eigenvalue weighted by Crippen LogP contribution is 2.27. The molecule has 5 aromatic rings. The van der Waals surface area contributed by atoms with E-state index in [1.807, 2.05) is 43.3 Å². The molecule has 0 radical (unpaired) electrons. The fourth-order valence-corrected chi connectivity index (χ4v) is 4.24. The van der Waals surface area contributed by atoms with Gasteiger partial charge in [-0.3, -0.25) is 14.4 Å². The maximum atomic E-state index is 12.9. The van der Waals surface area contributed by atoms with Gasteiger partial charge in [-0.25, -0.2) is 10.2 Å². The third-order valence-corrected chi connectivity index (χ3v) is 6.44. The molecule has 43 heavy (non-hydrogen) atoms. The summed E-state index contributed by atoms with van der Waals surface area (Å²) in [6, 6.07) is 33.0. The van der Waals surface area contributed by atoms with Gasteiger partial charge in [-0.15, -0.1) is 0 Å². The molecule has 0 aliphatic heterocycles. The average Bonchev–Trinajstić information content (AvgIpc) is 3.03. The number of fused-ring (bicyclic) bond motifs is 1. The van der Waals surface area contributed by atoms with Crippen LogP contribution in [0.1, 0.15) is 31.8 Å². The number of nitrogens with zero attached hydrogens (tertiary/aromatic N) is 1. The van der Waals surface area contributed by atoms with Crippen LogP contribution in [0, 0.1) is 6.92 Å². The van der Waals surface area contributed by atoms with Gasteiger partial charge in [-0.05, 0) is 60.2 Å². The van der Waals surface area contributed by atoms with Crippen LogP contribution in [0.4, 0.5) is 11.4 Å². The number of carbonyl (C=O) groups is 4. The largest absolute Gasteiger partial charge is 0.422 e. The van der Waals surface area contributed by atoms with E-state index in [1.54, 1.807) is 66.7 Å². The highest BCUT2D eigenvalue weighted by molar-refractivity contribution is 6.40. The van der Waals surface area contributed by atoms with Gasteiger partial charge in [0.1, 0.15) is 5.75 Å². The molecule has 3 amide bonds. The van der Waals surface area contributed by atoms with E-state index in [4.69, 9.17) is 4.74 Å². The summed E-state index contributed by atoms with van der Waals surface area (Å²) in [5.74, 6) is -2.87. The van der Waals surface area contributed by atoms with Gasteiger partial charge in [-0.2, -0.15) is 5.10 Å². The van der Waals surface area contributed by atoms with Crippen LogP contribution in [0.5, 0.6) is 5.75 Å². The smallest absolute Gasteiger partial charge is 0.343 e. The van der Waals surface area contributed by atoms with Gasteiger partial charge in [0.25, 0.3) is 5.91 Å². The van der Waals surface area contributed by atoms with Gasteiger partial charge >= 0.3 is 17.8 Å². The molecule has 0 heterocycles. The highest BCUT2D eigenvalue weighted by atomic mass is 16.5. The van der Waals surface area contributed by atoms with E-state index in [9.17, 15) is 19.2 Å². The van der Waals surface area contributed by atoms with Crippen molar-refractivity contribution in [1.82, 2.24) is 5.43 Å². The zero-order valence-electron chi connectivity index (χ0n) is 23.0. The van der Waals surface area contributed by atoms with E-state index in [0.29, 0.717) is 16.8 Å². The fraction of sp³-hybridized carbons (Fsp3) is 0.0294. The number of esters is 1. The summed E-state index contributed by atoms with van der Waals surface area (Å²) in [7, 11) is 0. The van der Waals surface area contributed by atoms with Crippen molar-refractivity contribution in [3.63, 3.8) is 0 Å². The zero-order chi connectivity index (χ0) is 30.2. The summed E-state index contributed by atoms with van der Waals surface area (Å²) in [4.78, 5) is 50.9. The number of amides is 3. The molecule has 9 heteroatoms. The minimum absolute atomic E-state index is 0.153. The molecule has 0 unspecified atom stereocenters. The summed E-state index contributed by atoms with van der Waals surface area (Å²) in [6.07, 6.45) is 1.31. The number of para-hydroxylation sites is 1. The maximum Gasteiger partial charge on any atom is 0.343 e. The van der Waals surface area contributed by atoms with E-state index in [1.165, 1.54) is 18.3 Å². The number of hydrazone groups is 1. The maximum absolute atomic E-state index is 12.9. The molecule has 0 saturated carbocycles. The van der Waals surface area contributed by atoms with Crippen molar-refractivity contribution < 1.29 is 23.9 Å². The first-order valence-corrected chi connectivity index (χ1v) is 13.3. The first-order chi connectivity index (χ1) is 20.9. The van der Waals surface area contributed by atoms with Crippen molar-refractivity contribution >= 4 is 52.1 Å². The molecule has 0 aliphatic carbocycles. The lowest BCUT2D eigenvalue weighted by Crippen LogP contribution is -2.33. The van der Waals surface area contributed by atoms with Crippen molar-refractivity contribution in [2.45, 2.75) is 6.92 Å². The van der Waals surface area contributed by atoms with E-state index in [-0.39, 0.29) is 17.0 Å². The number of ether oxygens (including phenoxy) is 1. The van der Waals surface area contributed by atoms with Crippen molar-refractivity contribution in [2.75, 3.05) is 10.6 Å². The summed E-state index contributed by atoms with van der Waals surface area (Å²) >= 11 is 0. The number of anilines is 2. The van der Waals surface area contributed by atoms with Crippen molar-refractivity contribution in [3.8, 4) is 5.75 Å². The topological polar surface area (TPSA) is 126 Å². The molecule has 0 spiro atoms. The first-order valence-electron chi connectivity index (χ1n) is 13.3. The molecule has 5 rings (SSSR count). The third kappa shape index (κ3) is 6.98. The second-order valence-corrected chi connectivity index (χ2v) is 9.47. The predicted octanol–water partition coefficient (Wildman–Crippen LogP) is 5.71. The van der Waals surface area contributed by atoms with Gasteiger partial charge in [0.15, 0.2) is 0 Å². The molecule has 0 atom stereocenters. The molecule has 0 fully saturated rings. The molecular weight excluding hydrogens is 544 g/mol. The molecule has 9 nitrogen and oxygen atoms in total. The van der Waals surface area contributed by atoms with Gasteiger partial charge in [-0.1, -0.05) is 78.4 Å². The molecular formula is C34H26N4O5. The highest BCUT2D eigenvalue weighted by Gasteiger charge is 2.18. The molecule has 0 bridgehead atoms. The number of rotatable bonds is 7. The Morgan fingerprint density at radius 1 is 0.698 bits per heavy atom.